The molecule has 0 spiro atoms. The molecule has 0 atom stereocenters. The average Bonchev–Trinajstić information content (AvgIpc) is 2.84. The standard InChI is InChI=1S/C14H19N3/c1-13(2,3)12-11-9(14(15)7-8-14)5-4-6-10(11)16-17-12/h4-6H,7-8,15H2,1-3H3,(H,16,17). The Labute approximate surface area is 101 Å². The summed E-state index contributed by atoms with van der Waals surface area (Å²) in [6.45, 7) is 6.60. The summed E-state index contributed by atoms with van der Waals surface area (Å²) in [7, 11) is 0. The molecule has 0 radical (unpaired) electrons. The van der Waals surface area contributed by atoms with Crippen molar-refractivity contribution in [2.45, 2.75) is 44.6 Å². The van der Waals surface area contributed by atoms with Crippen LogP contribution in [0.4, 0.5) is 0 Å². The van der Waals surface area contributed by atoms with E-state index in [-0.39, 0.29) is 11.0 Å². The molecule has 90 valence electrons. The van der Waals surface area contributed by atoms with E-state index in [1.807, 2.05) is 0 Å². The van der Waals surface area contributed by atoms with Crippen molar-refractivity contribution in [2.75, 3.05) is 0 Å². The van der Waals surface area contributed by atoms with Crippen LogP contribution in [0.25, 0.3) is 10.9 Å². The fourth-order valence-corrected chi connectivity index (χ4v) is 2.43. The first kappa shape index (κ1) is 10.8. The monoisotopic (exact) mass is 229 g/mol. The number of nitrogens with two attached hydrogens (primary N) is 1. The van der Waals surface area contributed by atoms with Crippen molar-refractivity contribution in [2.24, 2.45) is 5.73 Å². The molecule has 1 fully saturated rings. The summed E-state index contributed by atoms with van der Waals surface area (Å²) in [6.07, 6.45) is 2.17. The fraction of sp³-hybridized carbons (Fsp3) is 0.500. The summed E-state index contributed by atoms with van der Waals surface area (Å²) in [6, 6.07) is 6.26. The summed E-state index contributed by atoms with van der Waals surface area (Å²) in [5.41, 5.74) is 9.81. The molecule has 0 unspecified atom stereocenters. The first-order valence-corrected chi connectivity index (χ1v) is 6.19. The van der Waals surface area contributed by atoms with E-state index in [2.05, 4.69) is 49.2 Å². The average molecular weight is 229 g/mol. The smallest absolute Gasteiger partial charge is 0.0927 e. The minimum Gasteiger partial charge on any atom is -0.321 e. The van der Waals surface area contributed by atoms with Gasteiger partial charge in [-0.25, -0.2) is 0 Å². The molecule has 3 rings (SSSR count). The number of hydrogen-bond donors (Lipinski definition) is 2. The number of benzene rings is 1. The SMILES string of the molecule is CC(C)(C)c1[nH]nc2cccc(C3(N)CC3)c12. The number of hydrogen-bond acceptors (Lipinski definition) is 2. The maximum atomic E-state index is 6.36. The van der Waals surface area contributed by atoms with Crippen molar-refractivity contribution < 1.29 is 0 Å². The van der Waals surface area contributed by atoms with E-state index in [1.165, 1.54) is 16.6 Å². The Morgan fingerprint density at radius 3 is 2.59 bits per heavy atom. The first-order chi connectivity index (χ1) is 7.92. The highest BCUT2D eigenvalue weighted by Gasteiger charge is 2.42. The Morgan fingerprint density at radius 2 is 2.00 bits per heavy atom. The highest BCUT2D eigenvalue weighted by molar-refractivity contribution is 5.87. The molecule has 1 saturated carbocycles. The second-order valence-corrected chi connectivity index (χ2v) is 6.20. The Balaban J connectivity index is 2.32. The van der Waals surface area contributed by atoms with Gasteiger partial charge in [0.05, 0.1) is 5.52 Å². The molecule has 1 aromatic heterocycles. The summed E-state index contributed by atoms with van der Waals surface area (Å²) >= 11 is 0. The number of nitrogens with one attached hydrogen (secondary N) is 1. The van der Waals surface area contributed by atoms with Crippen LogP contribution in [-0.2, 0) is 11.0 Å². The molecule has 3 nitrogen and oxygen atoms in total. The number of fused-ring (bicyclic) bond motifs is 1. The lowest BCUT2D eigenvalue weighted by molar-refractivity contribution is 0.570. The van der Waals surface area contributed by atoms with Crippen molar-refractivity contribution in [3.8, 4) is 0 Å². The normalized spacial score (nSPS) is 18.6. The van der Waals surface area contributed by atoms with E-state index in [0.717, 1.165) is 18.4 Å². The van der Waals surface area contributed by atoms with Crippen molar-refractivity contribution in [1.82, 2.24) is 10.2 Å². The van der Waals surface area contributed by atoms with Gasteiger partial charge in [-0.05, 0) is 24.5 Å². The van der Waals surface area contributed by atoms with Gasteiger partial charge in [0.25, 0.3) is 0 Å². The third-order valence-corrected chi connectivity index (χ3v) is 3.66. The molecule has 0 aliphatic heterocycles. The van der Waals surface area contributed by atoms with Gasteiger partial charge in [0.2, 0.25) is 0 Å². The molecule has 3 N–H and O–H groups in total. The molecular weight excluding hydrogens is 210 g/mol. The van der Waals surface area contributed by atoms with Crippen LogP contribution in [0.15, 0.2) is 18.2 Å². The third kappa shape index (κ3) is 1.57. The molecule has 1 aliphatic rings. The van der Waals surface area contributed by atoms with Crippen LogP contribution >= 0.6 is 0 Å². The second-order valence-electron chi connectivity index (χ2n) is 6.20. The molecular formula is C14H19N3. The second kappa shape index (κ2) is 3.10. The number of rotatable bonds is 1. The van der Waals surface area contributed by atoms with E-state index >= 15 is 0 Å². The predicted octanol–water partition coefficient (Wildman–Crippen LogP) is 2.81. The lowest BCUT2D eigenvalue weighted by atomic mass is 9.87. The minimum atomic E-state index is -0.108. The van der Waals surface area contributed by atoms with Crippen molar-refractivity contribution >= 4 is 10.9 Å². The zero-order valence-corrected chi connectivity index (χ0v) is 10.7. The van der Waals surface area contributed by atoms with E-state index in [9.17, 15) is 0 Å². The van der Waals surface area contributed by atoms with Gasteiger partial charge < -0.3 is 5.73 Å². The maximum Gasteiger partial charge on any atom is 0.0927 e. The molecule has 2 aromatic rings. The maximum absolute atomic E-state index is 6.36. The van der Waals surface area contributed by atoms with Crippen molar-refractivity contribution in [3.05, 3.63) is 29.5 Å². The fourth-order valence-electron chi connectivity index (χ4n) is 2.43. The van der Waals surface area contributed by atoms with Gasteiger partial charge in [0.1, 0.15) is 0 Å². The van der Waals surface area contributed by atoms with E-state index < -0.39 is 0 Å². The van der Waals surface area contributed by atoms with Gasteiger partial charge in [-0.15, -0.1) is 0 Å². The lowest BCUT2D eigenvalue weighted by Crippen LogP contribution is -2.20. The van der Waals surface area contributed by atoms with Crippen LogP contribution in [0.3, 0.4) is 0 Å². The Kier molecular flexibility index (Phi) is 1.97. The number of aromatic nitrogens is 2. The zero-order chi connectivity index (χ0) is 12.3. The van der Waals surface area contributed by atoms with Gasteiger partial charge in [-0.1, -0.05) is 32.9 Å². The van der Waals surface area contributed by atoms with Crippen molar-refractivity contribution in [1.29, 1.82) is 0 Å². The molecule has 17 heavy (non-hydrogen) atoms. The molecule has 3 heteroatoms. The minimum absolute atomic E-state index is 0.0656. The number of nitrogens with zero attached hydrogens (tertiary/aromatic N) is 1. The highest BCUT2D eigenvalue weighted by Crippen LogP contribution is 2.46. The quantitative estimate of drug-likeness (QED) is 0.790. The molecule has 1 heterocycles. The van der Waals surface area contributed by atoms with Gasteiger partial charge in [0, 0.05) is 22.0 Å². The van der Waals surface area contributed by atoms with Gasteiger partial charge >= 0.3 is 0 Å². The van der Waals surface area contributed by atoms with Crippen LogP contribution in [0.2, 0.25) is 0 Å². The molecule has 0 saturated heterocycles. The zero-order valence-electron chi connectivity index (χ0n) is 10.7. The van der Waals surface area contributed by atoms with Crippen LogP contribution in [-0.4, -0.2) is 10.2 Å². The molecule has 1 aliphatic carbocycles. The van der Waals surface area contributed by atoms with E-state index in [0.29, 0.717) is 0 Å². The summed E-state index contributed by atoms with van der Waals surface area (Å²) in [4.78, 5) is 0. The third-order valence-electron chi connectivity index (χ3n) is 3.66. The Bertz CT molecular complexity index is 571. The number of aromatic amines is 1. The highest BCUT2D eigenvalue weighted by atomic mass is 15.1. The van der Waals surface area contributed by atoms with Crippen LogP contribution in [0.1, 0.15) is 44.9 Å². The summed E-state index contributed by atoms with van der Waals surface area (Å²) in [5, 5.41) is 8.83. The van der Waals surface area contributed by atoms with Gasteiger partial charge in [-0.3, -0.25) is 5.10 Å². The molecule has 0 bridgehead atoms. The van der Waals surface area contributed by atoms with Crippen LogP contribution in [0.5, 0.6) is 0 Å². The Morgan fingerprint density at radius 1 is 1.29 bits per heavy atom. The van der Waals surface area contributed by atoms with Gasteiger partial charge in [-0.2, -0.15) is 5.10 Å². The number of H-pyrrole nitrogens is 1. The van der Waals surface area contributed by atoms with Crippen LogP contribution in [0, 0.1) is 0 Å². The molecule has 0 amide bonds. The predicted molar refractivity (Wildman–Crippen MR) is 69.9 cm³/mol. The van der Waals surface area contributed by atoms with Crippen LogP contribution < -0.4 is 5.73 Å². The van der Waals surface area contributed by atoms with Crippen molar-refractivity contribution in [3.63, 3.8) is 0 Å². The topological polar surface area (TPSA) is 54.7 Å². The van der Waals surface area contributed by atoms with E-state index in [1.54, 1.807) is 0 Å². The van der Waals surface area contributed by atoms with E-state index in [4.69, 9.17) is 5.73 Å². The molecule has 1 aromatic carbocycles. The lowest BCUT2D eigenvalue weighted by Gasteiger charge is -2.19. The summed E-state index contributed by atoms with van der Waals surface area (Å²) in [5.74, 6) is 0. The summed E-state index contributed by atoms with van der Waals surface area (Å²) < 4.78 is 0. The largest absolute Gasteiger partial charge is 0.321 e. The first-order valence-electron chi connectivity index (χ1n) is 6.19. The Hall–Kier alpha value is -1.35. The van der Waals surface area contributed by atoms with Gasteiger partial charge in [0.15, 0.2) is 0 Å².